The lowest BCUT2D eigenvalue weighted by Crippen LogP contribution is -2.57. The summed E-state index contributed by atoms with van der Waals surface area (Å²) in [5.41, 5.74) is 0.764. The van der Waals surface area contributed by atoms with Crippen molar-refractivity contribution in [1.29, 1.82) is 0 Å². The Morgan fingerprint density at radius 3 is 2.23 bits per heavy atom. The SMILES string of the molecule is CC[C@H](C)[C@@H]([C@@H](CC(=O)N1CC2(CC2)CC1C(OC)C(C)C(=O)N[C@@H](Cc1ccccc1)C(=O)O)OC)N(C)C(=O)[C@@H](NC=O)C(C)C. The number of likely N-dealkylation sites (N-methyl/N-ethyl adjacent to an activating group) is 1. The summed E-state index contributed by atoms with van der Waals surface area (Å²) in [6.07, 6.45) is 2.75. The van der Waals surface area contributed by atoms with E-state index in [9.17, 15) is 29.1 Å². The van der Waals surface area contributed by atoms with Crippen molar-refractivity contribution in [2.45, 2.75) is 110 Å². The molecule has 12 heteroatoms. The van der Waals surface area contributed by atoms with Crippen LogP contribution >= 0.6 is 0 Å². The summed E-state index contributed by atoms with van der Waals surface area (Å²) in [6.45, 7) is 10.0. The van der Waals surface area contributed by atoms with Crippen LogP contribution in [0.5, 0.6) is 0 Å². The van der Waals surface area contributed by atoms with Crippen LogP contribution in [-0.4, -0.2) is 109 Å². The van der Waals surface area contributed by atoms with Gasteiger partial charge in [0, 0.05) is 34.2 Å². The molecule has 8 atom stereocenters. The van der Waals surface area contributed by atoms with Gasteiger partial charge in [0.1, 0.15) is 12.1 Å². The predicted molar refractivity (Wildman–Crippen MR) is 181 cm³/mol. The molecule has 2 fully saturated rings. The summed E-state index contributed by atoms with van der Waals surface area (Å²) >= 11 is 0. The Kier molecular flexibility index (Phi) is 14.0. The number of hydrogen-bond acceptors (Lipinski definition) is 7. The van der Waals surface area contributed by atoms with Crippen molar-refractivity contribution in [3.05, 3.63) is 35.9 Å². The van der Waals surface area contributed by atoms with Gasteiger partial charge in [-0.1, -0.05) is 71.4 Å². The van der Waals surface area contributed by atoms with Crippen molar-refractivity contribution >= 4 is 30.1 Å². The standard InChI is InChI=1S/C36H56N4O8/c1-9-23(4)31(39(6)34(44)30(22(2)3)37-21-41)28(47-7)18-29(42)40-20-36(15-16-36)19-27(40)32(48-8)24(5)33(43)38-26(35(45)46)17-25-13-11-10-12-14-25/h10-14,21-24,26-28,30-32H,9,15-20H2,1-8H3,(H,37,41)(H,38,43)(H,45,46)/t23-,24?,26-,27?,28+,30-,31-,32?/m0/s1. The number of amides is 4. The fourth-order valence-corrected chi connectivity index (χ4v) is 7.26. The normalized spacial score (nSPS) is 21.0. The Balaban J connectivity index is 1.81. The van der Waals surface area contributed by atoms with Gasteiger partial charge in [0.05, 0.1) is 36.6 Å². The van der Waals surface area contributed by atoms with Gasteiger partial charge in [-0.3, -0.25) is 19.2 Å². The molecule has 1 heterocycles. The Hall–Kier alpha value is -3.51. The number of rotatable bonds is 19. The summed E-state index contributed by atoms with van der Waals surface area (Å²) in [6, 6.07) is 6.45. The number of carboxylic acids is 1. The first kappa shape index (κ1) is 38.9. The Bertz CT molecular complexity index is 1260. The summed E-state index contributed by atoms with van der Waals surface area (Å²) in [5.74, 6) is -2.88. The molecule has 1 aromatic rings. The third-order valence-electron chi connectivity index (χ3n) is 10.5. The second kappa shape index (κ2) is 17.2. The quantitative estimate of drug-likeness (QED) is 0.190. The summed E-state index contributed by atoms with van der Waals surface area (Å²) in [5, 5.41) is 15.2. The van der Waals surface area contributed by atoms with Crippen molar-refractivity contribution < 1.29 is 38.6 Å². The zero-order valence-electron chi connectivity index (χ0n) is 29.8. The van der Waals surface area contributed by atoms with E-state index in [0.29, 0.717) is 19.4 Å². The first-order valence-corrected chi connectivity index (χ1v) is 17.1. The largest absolute Gasteiger partial charge is 0.480 e. The number of nitrogens with zero attached hydrogens (tertiary/aromatic N) is 2. The van der Waals surface area contributed by atoms with Crippen LogP contribution in [0.15, 0.2) is 30.3 Å². The highest BCUT2D eigenvalue weighted by molar-refractivity contribution is 5.86. The van der Waals surface area contributed by atoms with Crippen LogP contribution in [0.25, 0.3) is 0 Å². The molecule has 0 aromatic heterocycles. The van der Waals surface area contributed by atoms with E-state index >= 15 is 0 Å². The molecule has 1 aliphatic heterocycles. The highest BCUT2D eigenvalue weighted by Gasteiger charge is 2.56. The molecule has 12 nitrogen and oxygen atoms in total. The lowest BCUT2D eigenvalue weighted by atomic mass is 9.89. The van der Waals surface area contributed by atoms with E-state index in [1.807, 2.05) is 62.9 Å². The fraction of sp³-hybridized carbons (Fsp3) is 0.694. The van der Waals surface area contributed by atoms with E-state index in [2.05, 4.69) is 10.6 Å². The van der Waals surface area contributed by atoms with Crippen molar-refractivity contribution in [1.82, 2.24) is 20.4 Å². The Labute approximate surface area is 285 Å². The molecule has 4 amide bonds. The molecule has 3 rings (SSSR count). The number of hydrogen-bond donors (Lipinski definition) is 3. The predicted octanol–water partition coefficient (Wildman–Crippen LogP) is 2.88. The molecule has 3 unspecified atom stereocenters. The average Bonchev–Trinajstić information content (AvgIpc) is 3.72. The van der Waals surface area contributed by atoms with E-state index in [4.69, 9.17) is 9.47 Å². The van der Waals surface area contributed by atoms with E-state index in [1.165, 1.54) is 14.2 Å². The minimum Gasteiger partial charge on any atom is -0.480 e. The molecule has 1 saturated heterocycles. The Morgan fingerprint density at radius 1 is 1.08 bits per heavy atom. The molecule has 1 aromatic carbocycles. The molecule has 2 aliphatic rings. The first-order valence-electron chi connectivity index (χ1n) is 17.1. The summed E-state index contributed by atoms with van der Waals surface area (Å²) in [7, 11) is 4.75. The van der Waals surface area contributed by atoms with Gasteiger partial charge >= 0.3 is 5.97 Å². The van der Waals surface area contributed by atoms with Gasteiger partial charge in [-0.2, -0.15) is 0 Å². The topological polar surface area (TPSA) is 155 Å². The minimum atomic E-state index is -1.13. The van der Waals surface area contributed by atoms with E-state index in [1.54, 1.807) is 18.9 Å². The van der Waals surface area contributed by atoms with Gasteiger partial charge in [-0.25, -0.2) is 4.79 Å². The van der Waals surface area contributed by atoms with E-state index in [-0.39, 0.29) is 41.9 Å². The maximum Gasteiger partial charge on any atom is 0.326 e. The van der Waals surface area contributed by atoms with Gasteiger partial charge < -0.3 is 35.0 Å². The van der Waals surface area contributed by atoms with Crippen molar-refractivity contribution in [2.24, 2.45) is 23.2 Å². The number of nitrogens with one attached hydrogen (secondary N) is 2. The summed E-state index contributed by atoms with van der Waals surface area (Å²) < 4.78 is 11.9. The number of carbonyl (C=O) groups is 5. The maximum atomic E-state index is 14.2. The molecule has 3 N–H and O–H groups in total. The zero-order chi connectivity index (χ0) is 35.8. The molecule has 1 saturated carbocycles. The third-order valence-corrected chi connectivity index (χ3v) is 10.5. The van der Waals surface area contributed by atoms with Crippen molar-refractivity contribution in [3.8, 4) is 0 Å². The number of benzene rings is 1. The number of likely N-dealkylation sites (tertiary alicyclic amines) is 1. The smallest absolute Gasteiger partial charge is 0.326 e. The van der Waals surface area contributed by atoms with Gasteiger partial charge in [0.2, 0.25) is 24.1 Å². The highest BCUT2D eigenvalue weighted by atomic mass is 16.5. The molecule has 1 spiro atoms. The maximum absolute atomic E-state index is 14.2. The van der Waals surface area contributed by atoms with Gasteiger partial charge in [-0.05, 0) is 42.1 Å². The van der Waals surface area contributed by atoms with Crippen LogP contribution in [0.1, 0.15) is 72.3 Å². The number of ether oxygens (including phenoxy) is 2. The zero-order valence-corrected chi connectivity index (χ0v) is 29.8. The van der Waals surface area contributed by atoms with E-state index < -0.39 is 54.2 Å². The second-order valence-electron chi connectivity index (χ2n) is 14.2. The minimum absolute atomic E-state index is 0.0122. The lowest BCUT2D eigenvalue weighted by molar-refractivity contribution is -0.148. The van der Waals surface area contributed by atoms with Crippen LogP contribution in [0.3, 0.4) is 0 Å². The molecule has 0 bridgehead atoms. The van der Waals surface area contributed by atoms with Crippen LogP contribution in [-0.2, 0) is 39.9 Å². The Morgan fingerprint density at radius 2 is 1.73 bits per heavy atom. The number of aliphatic carboxylic acids is 1. The number of carboxylic acid groups (broad SMARTS) is 1. The van der Waals surface area contributed by atoms with Gasteiger partial charge in [0.25, 0.3) is 0 Å². The van der Waals surface area contributed by atoms with Gasteiger partial charge in [-0.15, -0.1) is 0 Å². The van der Waals surface area contributed by atoms with Crippen LogP contribution in [0, 0.1) is 23.2 Å². The van der Waals surface area contributed by atoms with Crippen molar-refractivity contribution in [3.63, 3.8) is 0 Å². The monoisotopic (exact) mass is 672 g/mol. The fourth-order valence-electron chi connectivity index (χ4n) is 7.26. The van der Waals surface area contributed by atoms with E-state index in [0.717, 1.165) is 24.8 Å². The van der Waals surface area contributed by atoms with Crippen LogP contribution in [0.4, 0.5) is 0 Å². The molecule has 0 radical (unpaired) electrons. The highest BCUT2D eigenvalue weighted by Crippen LogP contribution is 2.56. The average molecular weight is 673 g/mol. The number of carbonyl (C=O) groups excluding carboxylic acids is 4. The first-order chi connectivity index (χ1) is 22.7. The third kappa shape index (κ3) is 9.34. The van der Waals surface area contributed by atoms with Crippen LogP contribution < -0.4 is 10.6 Å². The lowest BCUT2D eigenvalue weighted by Gasteiger charge is -2.40. The van der Waals surface area contributed by atoms with Gasteiger partial charge in [0.15, 0.2) is 0 Å². The molecule has 48 heavy (non-hydrogen) atoms. The molecule has 1 aliphatic carbocycles. The molecular formula is C36H56N4O8. The van der Waals surface area contributed by atoms with Crippen LogP contribution in [0.2, 0.25) is 0 Å². The van der Waals surface area contributed by atoms with Crippen molar-refractivity contribution in [2.75, 3.05) is 27.8 Å². The summed E-state index contributed by atoms with van der Waals surface area (Å²) in [4.78, 5) is 68.1. The molecule has 268 valence electrons. The molecular weight excluding hydrogens is 616 g/mol. The number of methoxy groups -OCH3 is 2. The second-order valence-corrected chi connectivity index (χ2v) is 14.2.